The molecule has 1 aromatic rings. The van der Waals surface area contributed by atoms with Gasteiger partial charge in [0.25, 0.3) is 8.05 Å². The van der Waals surface area contributed by atoms with Crippen LogP contribution in [-0.4, -0.2) is 18.3 Å². The second-order valence-electron chi connectivity index (χ2n) is 1.97. The van der Waals surface area contributed by atoms with Crippen molar-refractivity contribution in [1.29, 1.82) is 0 Å². The third-order valence-corrected chi connectivity index (χ3v) is 1.69. The molecule has 0 aliphatic heterocycles. The van der Waals surface area contributed by atoms with Crippen molar-refractivity contribution in [1.82, 2.24) is 0 Å². The van der Waals surface area contributed by atoms with Crippen LogP contribution in [0.2, 0.25) is 0 Å². The molecule has 0 amide bonds. The van der Waals surface area contributed by atoms with E-state index in [2.05, 4.69) is 12.4 Å². The van der Waals surface area contributed by atoms with Gasteiger partial charge in [0.05, 0.1) is 12.0 Å². The van der Waals surface area contributed by atoms with Crippen LogP contribution < -0.4 is 0 Å². The van der Waals surface area contributed by atoms with Gasteiger partial charge in [0.15, 0.2) is 0 Å². The van der Waals surface area contributed by atoms with Gasteiger partial charge >= 0.3 is 0 Å². The van der Waals surface area contributed by atoms with Gasteiger partial charge in [0.2, 0.25) is 0 Å². The smallest absolute Gasteiger partial charge is 0.277 e. The summed E-state index contributed by atoms with van der Waals surface area (Å²) in [5.74, 6) is 0. The molecular weight excluding hydrogens is 226 g/mol. The van der Waals surface area contributed by atoms with E-state index in [4.69, 9.17) is 10.3 Å². The fourth-order valence-electron chi connectivity index (χ4n) is 0.637. The van der Waals surface area contributed by atoms with Gasteiger partial charge in [-0.05, 0) is 19.1 Å². The molecule has 0 aliphatic rings. The molecule has 6 heteroatoms. The minimum Gasteiger partial charge on any atom is -0.461 e. The number of rotatable bonds is 2. The molecule has 1 rings (SSSR count). The SMILES string of the molecule is Cc1ccc(SOO)cc1.[B]O.[V]. The zero-order valence-electron chi connectivity index (χ0n) is 7.04. The largest absolute Gasteiger partial charge is 0.461 e. The Morgan fingerprint density at radius 2 is 1.69 bits per heavy atom. The fourth-order valence-corrected chi connectivity index (χ4v) is 0.970. The van der Waals surface area contributed by atoms with Crippen molar-refractivity contribution in [3.05, 3.63) is 29.8 Å². The normalized spacial score (nSPS) is 7.92. The first-order valence-electron chi connectivity index (χ1n) is 3.13. The summed E-state index contributed by atoms with van der Waals surface area (Å²) in [5.41, 5.74) is 1.20. The summed E-state index contributed by atoms with van der Waals surface area (Å²) in [7, 11) is 3.50. The predicted molar refractivity (Wildman–Crippen MR) is 48.7 cm³/mol. The molecule has 0 fully saturated rings. The van der Waals surface area contributed by atoms with Crippen LogP contribution in [0.1, 0.15) is 5.56 Å². The summed E-state index contributed by atoms with van der Waals surface area (Å²) in [6, 6.07) is 7.69. The zero-order chi connectivity index (χ0) is 9.40. The van der Waals surface area contributed by atoms with E-state index in [1.165, 1.54) is 5.56 Å². The predicted octanol–water partition coefficient (Wildman–Crippen LogP) is 1.55. The average Bonchev–Trinajstić information content (AvgIpc) is 2.13. The van der Waals surface area contributed by atoms with Crippen molar-refractivity contribution >= 4 is 20.1 Å². The standard InChI is InChI=1S/C7H8O2S.BHO.V/c1-6-2-4-7(5-3-6)10-9-8;1-2;/h2-5,8H,1H3;2H;. The van der Waals surface area contributed by atoms with Gasteiger partial charge < -0.3 is 5.02 Å². The van der Waals surface area contributed by atoms with Crippen molar-refractivity contribution < 1.29 is 33.2 Å². The summed E-state index contributed by atoms with van der Waals surface area (Å²) >= 11 is 0.940. The third-order valence-electron chi connectivity index (χ3n) is 1.15. The quantitative estimate of drug-likeness (QED) is 0.353. The van der Waals surface area contributed by atoms with E-state index in [0.29, 0.717) is 0 Å². The van der Waals surface area contributed by atoms with E-state index in [-0.39, 0.29) is 18.6 Å². The van der Waals surface area contributed by atoms with Gasteiger partial charge in [-0.2, -0.15) is 4.33 Å². The van der Waals surface area contributed by atoms with Crippen molar-refractivity contribution in [2.24, 2.45) is 0 Å². The van der Waals surface area contributed by atoms with Crippen LogP contribution in [0.3, 0.4) is 0 Å². The summed E-state index contributed by atoms with van der Waals surface area (Å²) < 4.78 is 3.88. The number of benzene rings is 1. The Morgan fingerprint density at radius 3 is 2.08 bits per heavy atom. The summed E-state index contributed by atoms with van der Waals surface area (Å²) in [6.45, 7) is 2.01. The Bertz CT molecular complexity index is 207. The number of hydrogen-bond donors (Lipinski definition) is 2. The molecule has 1 aromatic carbocycles. The Hall–Kier alpha value is 0.0994. The molecule has 3 nitrogen and oxygen atoms in total. The summed E-state index contributed by atoms with van der Waals surface area (Å²) in [6.07, 6.45) is 0. The van der Waals surface area contributed by atoms with Gasteiger partial charge in [-0.1, -0.05) is 17.7 Å². The minimum atomic E-state index is 0. The Balaban J connectivity index is 0. The molecule has 3 radical (unpaired) electrons. The van der Waals surface area contributed by atoms with E-state index in [1.54, 1.807) is 0 Å². The molecule has 0 unspecified atom stereocenters. The Labute approximate surface area is 95.0 Å². The first-order valence-corrected chi connectivity index (χ1v) is 3.87. The van der Waals surface area contributed by atoms with E-state index >= 15 is 0 Å². The van der Waals surface area contributed by atoms with E-state index in [0.717, 1.165) is 16.9 Å². The number of hydrogen-bond acceptors (Lipinski definition) is 4. The topological polar surface area (TPSA) is 49.7 Å². The van der Waals surface area contributed by atoms with Crippen LogP contribution in [0.15, 0.2) is 29.2 Å². The third kappa shape index (κ3) is 7.19. The van der Waals surface area contributed by atoms with Crippen LogP contribution in [0.5, 0.6) is 0 Å². The van der Waals surface area contributed by atoms with Crippen LogP contribution in [-0.2, 0) is 22.9 Å². The molecule has 0 aliphatic carbocycles. The van der Waals surface area contributed by atoms with E-state index < -0.39 is 0 Å². The van der Waals surface area contributed by atoms with Crippen LogP contribution >= 0.6 is 12.0 Å². The summed E-state index contributed by atoms with van der Waals surface area (Å²) in [4.78, 5) is 0.896. The molecule has 0 heterocycles. The van der Waals surface area contributed by atoms with Crippen molar-refractivity contribution in [2.45, 2.75) is 11.8 Å². The molecule has 13 heavy (non-hydrogen) atoms. The molecule has 0 aromatic heterocycles. The molecular formula is C7H9BO3SV. The Kier molecular flexibility index (Phi) is 12.2. The molecule has 0 saturated carbocycles. The van der Waals surface area contributed by atoms with Crippen LogP contribution in [0, 0.1) is 6.92 Å². The maximum Gasteiger partial charge on any atom is 0.277 e. The maximum absolute atomic E-state index is 8.05. The van der Waals surface area contributed by atoms with Gasteiger partial charge in [-0.3, -0.25) is 0 Å². The molecule has 0 saturated heterocycles. The summed E-state index contributed by atoms with van der Waals surface area (Å²) in [5, 5.41) is 14.6. The van der Waals surface area contributed by atoms with Gasteiger partial charge in [-0.25, -0.2) is 5.26 Å². The van der Waals surface area contributed by atoms with Gasteiger partial charge in [0, 0.05) is 23.5 Å². The van der Waals surface area contributed by atoms with Crippen molar-refractivity contribution in [3.63, 3.8) is 0 Å². The molecule has 0 spiro atoms. The second-order valence-corrected chi connectivity index (χ2v) is 2.76. The molecule has 2 N–H and O–H groups in total. The zero-order valence-corrected chi connectivity index (χ0v) is 9.26. The first-order chi connectivity index (χ1) is 5.83. The first kappa shape index (κ1) is 15.6. The molecule has 69 valence electrons. The van der Waals surface area contributed by atoms with E-state index in [1.807, 2.05) is 31.2 Å². The van der Waals surface area contributed by atoms with Crippen LogP contribution in [0.4, 0.5) is 0 Å². The van der Waals surface area contributed by atoms with Gasteiger partial charge in [0.1, 0.15) is 0 Å². The second kappa shape index (κ2) is 10.2. The van der Waals surface area contributed by atoms with Crippen molar-refractivity contribution in [3.8, 4) is 0 Å². The number of aryl methyl sites for hydroxylation is 1. The maximum atomic E-state index is 8.05. The monoisotopic (exact) mass is 235 g/mol. The van der Waals surface area contributed by atoms with E-state index in [9.17, 15) is 0 Å². The average molecular weight is 235 g/mol. The minimum absolute atomic E-state index is 0. The Morgan fingerprint density at radius 1 is 1.23 bits per heavy atom. The van der Waals surface area contributed by atoms with Gasteiger partial charge in [-0.15, -0.1) is 0 Å². The van der Waals surface area contributed by atoms with Crippen molar-refractivity contribution in [2.75, 3.05) is 0 Å². The van der Waals surface area contributed by atoms with Crippen LogP contribution in [0.25, 0.3) is 0 Å². The molecule has 0 atom stereocenters. The molecule has 0 bridgehead atoms. The fraction of sp³-hybridized carbons (Fsp3) is 0.143.